The minimum atomic E-state index is -1.80. The molecule has 0 aromatic heterocycles. The third kappa shape index (κ3) is 6.75. The molecule has 0 bridgehead atoms. The number of rotatable bonds is 7. The quantitative estimate of drug-likeness (QED) is 0.302. The van der Waals surface area contributed by atoms with Crippen molar-refractivity contribution in [3.8, 4) is 0 Å². The van der Waals surface area contributed by atoms with E-state index in [0.717, 1.165) is 0 Å². The Morgan fingerprint density at radius 1 is 0.742 bits per heavy atom. The smallest absolute Gasteiger partial charge is 0.333 e. The van der Waals surface area contributed by atoms with E-state index in [4.69, 9.17) is 14.2 Å². The average Bonchev–Trinajstić information content (AvgIpc) is 2.75. The molecule has 9 nitrogen and oxygen atoms in total. The Balaban J connectivity index is 3.26. The Hall–Kier alpha value is -2.49. The van der Waals surface area contributed by atoms with Crippen LogP contribution < -0.4 is 0 Å². The van der Waals surface area contributed by atoms with Crippen molar-refractivity contribution in [1.29, 1.82) is 0 Å². The molecule has 3 N–H and O–H groups in total. The summed E-state index contributed by atoms with van der Waals surface area (Å²) >= 11 is 0. The van der Waals surface area contributed by atoms with Gasteiger partial charge in [-0.25, -0.2) is 14.4 Å². The predicted octanol–water partition coefficient (Wildman–Crippen LogP) is 1.11. The SMILES string of the molecule is C/C=C(/C)C(=O)O[C@@H]1[C@@H](O)[C@@H](O)[C@@H](OC(=O)/C=C(\C)CC)[C@H](O)[C@H]1OC(=O)/C(C)=C\C. The number of esters is 3. The molecule has 9 heteroatoms. The summed E-state index contributed by atoms with van der Waals surface area (Å²) in [4.78, 5) is 36.7. The number of hydrogen-bond acceptors (Lipinski definition) is 9. The zero-order valence-electron chi connectivity index (χ0n) is 18.7. The first-order valence-electron chi connectivity index (χ1n) is 10.1. The van der Waals surface area contributed by atoms with Crippen molar-refractivity contribution in [2.45, 2.75) is 84.6 Å². The van der Waals surface area contributed by atoms with Crippen LogP contribution in [0.15, 0.2) is 34.9 Å². The molecular formula is C22H32O9. The zero-order chi connectivity index (χ0) is 23.9. The number of ether oxygens (including phenoxy) is 3. The number of carbonyl (C=O) groups is 3. The number of carbonyl (C=O) groups excluding carboxylic acids is 3. The van der Waals surface area contributed by atoms with Gasteiger partial charge in [-0.1, -0.05) is 24.6 Å². The van der Waals surface area contributed by atoms with Crippen molar-refractivity contribution in [2.75, 3.05) is 0 Å². The molecule has 1 fully saturated rings. The third-order valence-electron chi connectivity index (χ3n) is 5.19. The van der Waals surface area contributed by atoms with Crippen LogP contribution in [0.4, 0.5) is 0 Å². The van der Waals surface area contributed by atoms with Gasteiger partial charge in [0.05, 0.1) is 0 Å². The molecule has 1 aliphatic carbocycles. The normalized spacial score (nSPS) is 29.9. The largest absolute Gasteiger partial charge is 0.453 e. The highest BCUT2D eigenvalue weighted by molar-refractivity contribution is 5.88. The molecule has 0 spiro atoms. The van der Waals surface area contributed by atoms with Crippen molar-refractivity contribution in [3.63, 3.8) is 0 Å². The summed E-state index contributed by atoms with van der Waals surface area (Å²) < 4.78 is 15.7. The third-order valence-corrected chi connectivity index (χ3v) is 5.19. The van der Waals surface area contributed by atoms with E-state index in [9.17, 15) is 29.7 Å². The lowest BCUT2D eigenvalue weighted by atomic mass is 9.84. The van der Waals surface area contributed by atoms with Crippen LogP contribution in [0.5, 0.6) is 0 Å². The minimum absolute atomic E-state index is 0.206. The van der Waals surface area contributed by atoms with Crippen LogP contribution in [-0.2, 0) is 28.6 Å². The summed E-state index contributed by atoms with van der Waals surface area (Å²) in [6.45, 7) is 9.69. The summed E-state index contributed by atoms with van der Waals surface area (Å²) in [6, 6.07) is 0. The van der Waals surface area contributed by atoms with Gasteiger partial charge in [-0.05, 0) is 41.0 Å². The number of hydrogen-bond donors (Lipinski definition) is 3. The van der Waals surface area contributed by atoms with Crippen LogP contribution in [0.25, 0.3) is 0 Å². The van der Waals surface area contributed by atoms with Crippen molar-refractivity contribution in [2.24, 2.45) is 0 Å². The monoisotopic (exact) mass is 440 g/mol. The Kier molecular flexibility index (Phi) is 10.1. The fraction of sp³-hybridized carbons (Fsp3) is 0.591. The topological polar surface area (TPSA) is 140 Å². The summed E-state index contributed by atoms with van der Waals surface area (Å²) in [7, 11) is 0. The zero-order valence-corrected chi connectivity index (χ0v) is 18.7. The fourth-order valence-corrected chi connectivity index (χ4v) is 2.72. The summed E-state index contributed by atoms with van der Waals surface area (Å²) in [5.74, 6) is -2.50. The maximum absolute atomic E-state index is 12.3. The standard InChI is InChI=1S/C22H32O9/c1-7-11(4)10-14(23)29-18-15(24)16(25)19(30-21(27)12(5)8-2)20(17(18)26)31-22(28)13(6)9-3/h8-10,15-20,24-26H,7H2,1-6H3/b11-10+,12-8-,13-9-/t15-,16+,17+,18-,19-,20-/m1/s1. The molecule has 0 aromatic rings. The molecule has 1 saturated carbocycles. The lowest BCUT2D eigenvalue weighted by molar-refractivity contribution is -0.244. The Bertz CT molecular complexity index is 765. The highest BCUT2D eigenvalue weighted by atomic mass is 16.6. The molecule has 0 amide bonds. The molecule has 1 aliphatic rings. The Morgan fingerprint density at radius 2 is 1.16 bits per heavy atom. The first kappa shape index (κ1) is 26.5. The van der Waals surface area contributed by atoms with Crippen LogP contribution >= 0.6 is 0 Å². The van der Waals surface area contributed by atoms with Gasteiger partial charge in [0.25, 0.3) is 0 Å². The van der Waals surface area contributed by atoms with Crippen LogP contribution in [0.3, 0.4) is 0 Å². The van der Waals surface area contributed by atoms with Crippen LogP contribution in [0, 0.1) is 0 Å². The van der Waals surface area contributed by atoms with Crippen molar-refractivity contribution >= 4 is 17.9 Å². The summed E-state index contributed by atoms with van der Waals surface area (Å²) in [6.07, 6.45) is -5.44. The van der Waals surface area contributed by atoms with Gasteiger partial charge >= 0.3 is 17.9 Å². The molecule has 6 atom stereocenters. The Labute approximate surface area is 182 Å². The molecule has 0 unspecified atom stereocenters. The number of aliphatic hydroxyl groups is 3. The van der Waals surface area contributed by atoms with Gasteiger partial charge in [0, 0.05) is 17.2 Å². The Morgan fingerprint density at radius 3 is 1.58 bits per heavy atom. The highest BCUT2D eigenvalue weighted by Gasteiger charge is 2.55. The van der Waals surface area contributed by atoms with Crippen molar-refractivity contribution in [3.05, 3.63) is 34.9 Å². The number of aliphatic hydroxyl groups excluding tert-OH is 3. The average molecular weight is 440 g/mol. The molecule has 174 valence electrons. The first-order chi connectivity index (χ1) is 14.5. The van der Waals surface area contributed by atoms with E-state index < -0.39 is 54.5 Å². The molecule has 31 heavy (non-hydrogen) atoms. The second kappa shape index (κ2) is 11.8. The van der Waals surface area contributed by atoms with E-state index in [1.807, 2.05) is 6.92 Å². The van der Waals surface area contributed by atoms with Gasteiger partial charge in [0.1, 0.15) is 18.3 Å². The van der Waals surface area contributed by atoms with Crippen molar-refractivity contribution < 1.29 is 43.9 Å². The number of allylic oxidation sites excluding steroid dienone is 3. The second-order valence-corrected chi connectivity index (χ2v) is 7.40. The van der Waals surface area contributed by atoms with E-state index in [0.29, 0.717) is 12.0 Å². The van der Waals surface area contributed by atoms with Gasteiger partial charge in [0.15, 0.2) is 18.3 Å². The summed E-state index contributed by atoms with van der Waals surface area (Å²) in [5.41, 5.74) is 1.11. The highest BCUT2D eigenvalue weighted by Crippen LogP contribution is 2.29. The molecule has 0 aromatic carbocycles. The van der Waals surface area contributed by atoms with Gasteiger partial charge in [-0.3, -0.25) is 0 Å². The van der Waals surface area contributed by atoms with Gasteiger partial charge in [-0.15, -0.1) is 0 Å². The van der Waals surface area contributed by atoms with Crippen molar-refractivity contribution in [1.82, 2.24) is 0 Å². The van der Waals surface area contributed by atoms with Gasteiger partial charge in [-0.2, -0.15) is 0 Å². The molecule has 0 aliphatic heterocycles. The van der Waals surface area contributed by atoms with E-state index >= 15 is 0 Å². The maximum atomic E-state index is 12.3. The molecule has 1 rings (SSSR count). The molecule has 0 radical (unpaired) electrons. The van der Waals surface area contributed by atoms with Gasteiger partial charge in [0.2, 0.25) is 0 Å². The minimum Gasteiger partial charge on any atom is -0.453 e. The fourth-order valence-electron chi connectivity index (χ4n) is 2.72. The molecular weight excluding hydrogens is 408 g/mol. The van der Waals surface area contributed by atoms with E-state index in [1.54, 1.807) is 20.8 Å². The molecule has 0 heterocycles. The maximum Gasteiger partial charge on any atom is 0.333 e. The second-order valence-electron chi connectivity index (χ2n) is 7.40. The van der Waals surface area contributed by atoms with Crippen LogP contribution in [0.2, 0.25) is 0 Å². The van der Waals surface area contributed by atoms with Gasteiger partial charge < -0.3 is 29.5 Å². The van der Waals surface area contributed by atoms with E-state index in [2.05, 4.69) is 0 Å². The predicted molar refractivity (Wildman–Crippen MR) is 111 cm³/mol. The van der Waals surface area contributed by atoms with E-state index in [1.165, 1.54) is 32.1 Å². The summed E-state index contributed by atoms with van der Waals surface area (Å²) in [5, 5.41) is 31.8. The molecule has 0 saturated heterocycles. The lowest BCUT2D eigenvalue weighted by Crippen LogP contribution is -2.66. The first-order valence-corrected chi connectivity index (χ1v) is 10.1. The van der Waals surface area contributed by atoms with E-state index in [-0.39, 0.29) is 11.1 Å². The van der Waals surface area contributed by atoms with Crippen LogP contribution in [-0.4, -0.2) is 69.9 Å². The van der Waals surface area contributed by atoms with Crippen LogP contribution in [0.1, 0.15) is 48.0 Å². The lowest BCUT2D eigenvalue weighted by Gasteiger charge is -2.43.